The van der Waals surface area contributed by atoms with Crippen LogP contribution in [0.1, 0.15) is 40.5 Å². The molecule has 6 heteroatoms. The van der Waals surface area contributed by atoms with Crippen molar-refractivity contribution in [1.82, 2.24) is 24.5 Å². The zero-order chi connectivity index (χ0) is 19.1. The molecular formula is C22H21N5O. The summed E-state index contributed by atoms with van der Waals surface area (Å²) in [5.74, 6) is 0.938. The normalized spacial score (nSPS) is 17.3. The van der Waals surface area contributed by atoms with Crippen molar-refractivity contribution < 1.29 is 4.79 Å². The molecule has 6 nitrogen and oxygen atoms in total. The number of piperidine rings is 1. The van der Waals surface area contributed by atoms with Gasteiger partial charge in [-0.2, -0.15) is 10.1 Å². The lowest BCUT2D eigenvalue weighted by atomic mass is 9.93. The summed E-state index contributed by atoms with van der Waals surface area (Å²) in [6.45, 7) is 3.44. The molecular weight excluding hydrogens is 350 g/mol. The number of aryl methyl sites for hydroxylation is 1. The molecule has 140 valence electrons. The molecule has 1 atom stereocenters. The number of fused-ring (bicyclic) bond motifs is 2. The van der Waals surface area contributed by atoms with Gasteiger partial charge >= 0.3 is 0 Å². The highest BCUT2D eigenvalue weighted by Crippen LogP contribution is 2.28. The lowest BCUT2D eigenvalue weighted by Gasteiger charge is -2.33. The quantitative estimate of drug-likeness (QED) is 0.540. The summed E-state index contributed by atoms with van der Waals surface area (Å²) < 4.78 is 1.81. The zero-order valence-corrected chi connectivity index (χ0v) is 15.7. The van der Waals surface area contributed by atoms with E-state index in [1.807, 2.05) is 52.7 Å². The molecule has 1 saturated heterocycles. The first-order valence-electron chi connectivity index (χ1n) is 9.64. The Hall–Kier alpha value is -3.28. The van der Waals surface area contributed by atoms with Crippen LogP contribution in [-0.2, 0) is 0 Å². The third-order valence-electron chi connectivity index (χ3n) is 5.53. The second-order valence-corrected chi connectivity index (χ2v) is 7.45. The Bertz CT molecular complexity index is 1180. The molecule has 1 amide bonds. The second-order valence-electron chi connectivity index (χ2n) is 7.45. The van der Waals surface area contributed by atoms with E-state index in [0.717, 1.165) is 47.1 Å². The van der Waals surface area contributed by atoms with Crippen LogP contribution in [0.25, 0.3) is 16.6 Å². The fourth-order valence-electron chi connectivity index (χ4n) is 4.16. The number of carbonyl (C=O) groups excluding carboxylic acids is 1. The molecule has 1 aliphatic rings. The van der Waals surface area contributed by atoms with Gasteiger partial charge in [0.05, 0.1) is 5.69 Å². The van der Waals surface area contributed by atoms with Crippen molar-refractivity contribution in [3.63, 3.8) is 0 Å². The average Bonchev–Trinajstić information content (AvgIpc) is 3.20. The lowest BCUT2D eigenvalue weighted by molar-refractivity contribution is 0.0705. The maximum atomic E-state index is 13.2. The molecule has 0 spiro atoms. The second kappa shape index (κ2) is 6.71. The molecule has 2 aromatic carbocycles. The standard InChI is InChI=1S/C22H21N5O/c1-15-11-20(27-22(25-15)23-14-24-27)19-7-4-10-26(13-19)21(28)18-9-8-16-5-2-3-6-17(16)12-18/h2-3,5-6,8-9,11-12,14,19H,4,7,10,13H2,1H3. The van der Waals surface area contributed by atoms with Gasteiger partial charge in [0.25, 0.3) is 11.7 Å². The van der Waals surface area contributed by atoms with Gasteiger partial charge in [-0.25, -0.2) is 9.50 Å². The van der Waals surface area contributed by atoms with Crippen LogP contribution in [0.3, 0.4) is 0 Å². The minimum absolute atomic E-state index is 0.0936. The number of aromatic nitrogens is 4. The number of benzene rings is 2. The van der Waals surface area contributed by atoms with Crippen molar-refractivity contribution in [3.8, 4) is 0 Å². The number of amides is 1. The minimum Gasteiger partial charge on any atom is -0.338 e. The van der Waals surface area contributed by atoms with Crippen molar-refractivity contribution in [2.24, 2.45) is 0 Å². The molecule has 0 saturated carbocycles. The molecule has 5 rings (SSSR count). The average molecular weight is 371 g/mol. The predicted molar refractivity (Wildman–Crippen MR) is 107 cm³/mol. The van der Waals surface area contributed by atoms with E-state index in [-0.39, 0.29) is 11.8 Å². The van der Waals surface area contributed by atoms with Gasteiger partial charge in [0.2, 0.25) is 0 Å². The van der Waals surface area contributed by atoms with Crippen molar-refractivity contribution >= 4 is 22.5 Å². The Balaban J connectivity index is 1.44. The van der Waals surface area contributed by atoms with Crippen LogP contribution < -0.4 is 0 Å². The summed E-state index contributed by atoms with van der Waals surface area (Å²) in [7, 11) is 0. The van der Waals surface area contributed by atoms with Crippen LogP contribution in [0.5, 0.6) is 0 Å². The Morgan fingerprint density at radius 3 is 2.86 bits per heavy atom. The van der Waals surface area contributed by atoms with Gasteiger partial charge in [-0.15, -0.1) is 0 Å². The van der Waals surface area contributed by atoms with Crippen LogP contribution in [0.15, 0.2) is 54.9 Å². The highest BCUT2D eigenvalue weighted by molar-refractivity contribution is 5.98. The lowest BCUT2D eigenvalue weighted by Crippen LogP contribution is -2.39. The largest absolute Gasteiger partial charge is 0.338 e. The number of rotatable bonds is 2. The molecule has 0 N–H and O–H groups in total. The van der Waals surface area contributed by atoms with Crippen LogP contribution >= 0.6 is 0 Å². The Kier molecular flexibility index (Phi) is 4.04. The first-order valence-corrected chi connectivity index (χ1v) is 9.64. The third-order valence-corrected chi connectivity index (χ3v) is 5.53. The van der Waals surface area contributed by atoms with E-state index in [2.05, 4.69) is 27.2 Å². The van der Waals surface area contributed by atoms with Gasteiger partial charge in [0, 0.05) is 30.3 Å². The molecule has 2 aromatic heterocycles. The Morgan fingerprint density at radius 1 is 1.11 bits per heavy atom. The summed E-state index contributed by atoms with van der Waals surface area (Å²) in [5.41, 5.74) is 2.75. The summed E-state index contributed by atoms with van der Waals surface area (Å²) in [6.07, 6.45) is 3.54. The minimum atomic E-state index is 0.0936. The molecule has 0 aliphatic carbocycles. The fraction of sp³-hybridized carbons (Fsp3) is 0.273. The van der Waals surface area contributed by atoms with Crippen LogP contribution in [-0.4, -0.2) is 43.5 Å². The summed E-state index contributed by atoms with van der Waals surface area (Å²) >= 11 is 0. The topological polar surface area (TPSA) is 63.4 Å². The molecule has 0 radical (unpaired) electrons. The van der Waals surface area contributed by atoms with Gasteiger partial charge in [0.15, 0.2) is 0 Å². The molecule has 3 heterocycles. The SMILES string of the molecule is Cc1cc(C2CCCN(C(=O)c3ccc4ccccc4c3)C2)n2ncnc2n1. The molecule has 28 heavy (non-hydrogen) atoms. The van der Waals surface area contributed by atoms with Gasteiger partial charge in [-0.1, -0.05) is 30.3 Å². The van der Waals surface area contributed by atoms with Gasteiger partial charge in [-0.3, -0.25) is 4.79 Å². The number of nitrogens with zero attached hydrogens (tertiary/aromatic N) is 5. The monoisotopic (exact) mass is 371 g/mol. The molecule has 4 aromatic rings. The summed E-state index contributed by atoms with van der Waals surface area (Å²) in [4.78, 5) is 23.8. The van der Waals surface area contributed by atoms with Crippen molar-refractivity contribution in [1.29, 1.82) is 0 Å². The first kappa shape index (κ1) is 16.9. The van der Waals surface area contributed by atoms with Crippen LogP contribution in [0.2, 0.25) is 0 Å². The summed E-state index contributed by atoms with van der Waals surface area (Å²) in [5, 5.41) is 6.58. The van der Waals surface area contributed by atoms with Gasteiger partial charge in [-0.05, 0) is 48.7 Å². The highest BCUT2D eigenvalue weighted by Gasteiger charge is 2.27. The van der Waals surface area contributed by atoms with Gasteiger partial charge in [0.1, 0.15) is 6.33 Å². The number of likely N-dealkylation sites (tertiary alicyclic amines) is 1. The van der Waals surface area contributed by atoms with E-state index in [0.29, 0.717) is 12.3 Å². The van der Waals surface area contributed by atoms with Gasteiger partial charge < -0.3 is 4.90 Å². The highest BCUT2D eigenvalue weighted by atomic mass is 16.2. The maximum Gasteiger partial charge on any atom is 0.253 e. The zero-order valence-electron chi connectivity index (χ0n) is 15.7. The molecule has 1 fully saturated rings. The summed E-state index contributed by atoms with van der Waals surface area (Å²) in [6, 6.07) is 16.1. The number of carbonyl (C=O) groups is 1. The molecule has 1 unspecified atom stereocenters. The van der Waals surface area contributed by atoms with Crippen molar-refractivity contribution in [2.75, 3.05) is 13.1 Å². The van der Waals surface area contributed by atoms with Crippen LogP contribution in [0.4, 0.5) is 0 Å². The van der Waals surface area contributed by atoms with E-state index in [4.69, 9.17) is 0 Å². The molecule has 1 aliphatic heterocycles. The van der Waals surface area contributed by atoms with E-state index in [1.165, 1.54) is 6.33 Å². The first-order chi connectivity index (χ1) is 13.7. The third kappa shape index (κ3) is 2.91. The van der Waals surface area contributed by atoms with E-state index < -0.39 is 0 Å². The Morgan fingerprint density at radius 2 is 1.96 bits per heavy atom. The fourth-order valence-corrected chi connectivity index (χ4v) is 4.16. The maximum absolute atomic E-state index is 13.2. The smallest absolute Gasteiger partial charge is 0.253 e. The number of hydrogen-bond donors (Lipinski definition) is 0. The van der Waals surface area contributed by atoms with E-state index in [1.54, 1.807) is 0 Å². The van der Waals surface area contributed by atoms with Crippen LogP contribution in [0, 0.1) is 6.92 Å². The number of hydrogen-bond acceptors (Lipinski definition) is 4. The Labute approximate surface area is 162 Å². The molecule has 0 bridgehead atoms. The van der Waals surface area contributed by atoms with Crippen molar-refractivity contribution in [3.05, 3.63) is 71.8 Å². The predicted octanol–water partition coefficient (Wildman–Crippen LogP) is 3.61. The van der Waals surface area contributed by atoms with Crippen molar-refractivity contribution in [2.45, 2.75) is 25.7 Å². The van der Waals surface area contributed by atoms with E-state index in [9.17, 15) is 4.79 Å². The van der Waals surface area contributed by atoms with E-state index >= 15 is 0 Å².